The predicted octanol–water partition coefficient (Wildman–Crippen LogP) is 8.16. The zero-order valence-corrected chi connectivity index (χ0v) is 20.9. The monoisotopic (exact) mass is 478 g/mol. The number of nitrogens with one attached hydrogen (secondary N) is 2. The van der Waals surface area contributed by atoms with E-state index in [0.717, 1.165) is 24.8 Å². The molecule has 2 amide bonds. The van der Waals surface area contributed by atoms with Crippen molar-refractivity contribution < 1.29 is 14.3 Å². The van der Waals surface area contributed by atoms with Crippen LogP contribution in [0.25, 0.3) is 0 Å². The lowest BCUT2D eigenvalue weighted by Crippen LogP contribution is -2.35. The highest BCUT2D eigenvalue weighted by atomic mass is 35.5. The predicted molar refractivity (Wildman–Crippen MR) is 133 cm³/mol. The lowest BCUT2D eigenvalue weighted by molar-refractivity contribution is -0.167. The average molecular weight is 479 g/mol. The first-order valence-corrected chi connectivity index (χ1v) is 11.8. The van der Waals surface area contributed by atoms with Crippen LogP contribution in [0.3, 0.4) is 0 Å². The van der Waals surface area contributed by atoms with Gasteiger partial charge in [0, 0.05) is 38.8 Å². The van der Waals surface area contributed by atoms with Crippen molar-refractivity contribution in [3.8, 4) is 0 Å². The van der Waals surface area contributed by atoms with E-state index in [9.17, 15) is 9.59 Å². The minimum absolute atomic E-state index is 0.201. The molecule has 5 nitrogen and oxygen atoms in total. The minimum Gasteiger partial charge on any atom is -0.457 e. The molecule has 2 N–H and O–H groups in total. The van der Waals surface area contributed by atoms with Crippen LogP contribution in [0.5, 0.6) is 0 Å². The summed E-state index contributed by atoms with van der Waals surface area (Å²) in [5.74, 6) is -0.223. The summed E-state index contributed by atoms with van der Waals surface area (Å²) < 4.78 is 5.74. The standard InChI is InChI=1S/C23H26Cl2N2O3.C2H6/c1-4-10-23(3)11-9-20(28)30-21(23)17-13-16(6-7-18(17)25)26-22(29)27-19-8-5-15(24)12-14(19)2;1-2/h5-8,12-13,21H,4,9-11H2,1-3H3,(H2,26,27,29);1-2H3. The fourth-order valence-electron chi connectivity index (χ4n) is 3.99. The Balaban J connectivity index is 0.00000176. The lowest BCUT2D eigenvalue weighted by atomic mass is 9.72. The number of amides is 2. The van der Waals surface area contributed by atoms with Crippen molar-refractivity contribution in [2.45, 2.75) is 66.4 Å². The number of anilines is 2. The number of hydrogen-bond donors (Lipinski definition) is 2. The molecule has 0 aliphatic carbocycles. The number of benzene rings is 2. The lowest BCUT2D eigenvalue weighted by Gasteiger charge is -2.41. The van der Waals surface area contributed by atoms with E-state index in [1.807, 2.05) is 20.8 Å². The van der Waals surface area contributed by atoms with Crippen molar-refractivity contribution in [2.75, 3.05) is 10.6 Å². The summed E-state index contributed by atoms with van der Waals surface area (Å²) in [6.07, 6.45) is 2.59. The molecule has 3 rings (SSSR count). The molecule has 32 heavy (non-hydrogen) atoms. The van der Waals surface area contributed by atoms with E-state index in [1.54, 1.807) is 36.4 Å². The SMILES string of the molecule is CC.CCCC1(C)CCC(=O)OC1c1cc(NC(=O)Nc2ccc(Cl)cc2C)ccc1Cl. The molecule has 0 radical (unpaired) electrons. The smallest absolute Gasteiger partial charge is 0.323 e. The van der Waals surface area contributed by atoms with Gasteiger partial charge >= 0.3 is 12.0 Å². The van der Waals surface area contributed by atoms with Crippen molar-refractivity contribution in [1.82, 2.24) is 0 Å². The molecule has 1 aliphatic rings. The third-order valence-electron chi connectivity index (χ3n) is 5.58. The van der Waals surface area contributed by atoms with Crippen LogP contribution in [0.15, 0.2) is 36.4 Å². The van der Waals surface area contributed by atoms with Gasteiger partial charge in [0.25, 0.3) is 0 Å². The molecule has 7 heteroatoms. The first-order chi connectivity index (χ1) is 15.2. The molecule has 1 aliphatic heterocycles. The van der Waals surface area contributed by atoms with Crippen LogP contribution in [0.1, 0.15) is 70.6 Å². The van der Waals surface area contributed by atoms with Crippen LogP contribution >= 0.6 is 23.2 Å². The summed E-state index contributed by atoms with van der Waals surface area (Å²) in [6.45, 7) is 10.1. The van der Waals surface area contributed by atoms with Gasteiger partial charge < -0.3 is 15.4 Å². The van der Waals surface area contributed by atoms with Crippen molar-refractivity contribution in [3.63, 3.8) is 0 Å². The summed E-state index contributed by atoms with van der Waals surface area (Å²) in [5, 5.41) is 6.76. The Morgan fingerprint density at radius 2 is 1.88 bits per heavy atom. The third-order valence-corrected chi connectivity index (χ3v) is 6.16. The number of rotatable bonds is 5. The molecular formula is C25H32Cl2N2O3. The largest absolute Gasteiger partial charge is 0.457 e. The number of cyclic esters (lactones) is 1. The quantitative estimate of drug-likeness (QED) is 0.425. The van der Waals surface area contributed by atoms with Gasteiger partial charge in [-0.15, -0.1) is 0 Å². The number of carbonyl (C=O) groups is 2. The van der Waals surface area contributed by atoms with E-state index in [-0.39, 0.29) is 17.4 Å². The van der Waals surface area contributed by atoms with Gasteiger partial charge in [0.1, 0.15) is 6.10 Å². The molecule has 0 bridgehead atoms. The molecule has 2 aromatic rings. The summed E-state index contributed by atoms with van der Waals surface area (Å²) in [6, 6.07) is 10.1. The first-order valence-electron chi connectivity index (χ1n) is 11.0. The zero-order valence-electron chi connectivity index (χ0n) is 19.4. The highest BCUT2D eigenvalue weighted by Gasteiger charge is 2.42. The van der Waals surface area contributed by atoms with Crippen LogP contribution in [0.2, 0.25) is 10.0 Å². The Kier molecular flexibility index (Phi) is 9.41. The zero-order chi connectivity index (χ0) is 23.9. The highest BCUT2D eigenvalue weighted by molar-refractivity contribution is 6.31. The van der Waals surface area contributed by atoms with Gasteiger partial charge in [-0.05, 0) is 61.7 Å². The molecule has 0 saturated carbocycles. The maximum Gasteiger partial charge on any atom is 0.323 e. The number of halogens is 2. The van der Waals surface area contributed by atoms with E-state index >= 15 is 0 Å². The number of hydrogen-bond acceptors (Lipinski definition) is 3. The average Bonchev–Trinajstić information content (AvgIpc) is 2.75. The maximum atomic E-state index is 12.5. The van der Waals surface area contributed by atoms with Crippen LogP contribution in [0, 0.1) is 12.3 Å². The van der Waals surface area contributed by atoms with Gasteiger partial charge in [-0.25, -0.2) is 4.79 Å². The third kappa shape index (κ3) is 6.39. The van der Waals surface area contributed by atoms with E-state index < -0.39 is 6.10 Å². The fourth-order valence-corrected chi connectivity index (χ4v) is 4.44. The highest BCUT2D eigenvalue weighted by Crippen LogP contribution is 2.49. The molecule has 2 unspecified atom stereocenters. The van der Waals surface area contributed by atoms with Crippen LogP contribution in [-0.2, 0) is 9.53 Å². The second kappa shape index (κ2) is 11.6. The molecule has 2 aromatic carbocycles. The Bertz CT molecular complexity index is 964. The van der Waals surface area contributed by atoms with Gasteiger partial charge in [-0.2, -0.15) is 0 Å². The second-order valence-electron chi connectivity index (χ2n) is 8.05. The van der Waals surface area contributed by atoms with Gasteiger partial charge in [-0.1, -0.05) is 57.3 Å². The Labute approximate surface area is 200 Å². The van der Waals surface area contributed by atoms with Gasteiger partial charge in [0.15, 0.2) is 0 Å². The summed E-state index contributed by atoms with van der Waals surface area (Å²) >= 11 is 12.4. The Hall–Kier alpha value is -2.24. The number of aryl methyl sites for hydroxylation is 1. The van der Waals surface area contributed by atoms with Gasteiger partial charge in [0.05, 0.1) is 0 Å². The first kappa shape index (κ1) is 26.0. The molecular weight excluding hydrogens is 447 g/mol. The molecule has 2 atom stereocenters. The van der Waals surface area contributed by atoms with Crippen molar-refractivity contribution in [2.24, 2.45) is 5.41 Å². The summed E-state index contributed by atoms with van der Waals surface area (Å²) in [7, 11) is 0. The Morgan fingerprint density at radius 1 is 1.16 bits per heavy atom. The summed E-state index contributed by atoms with van der Waals surface area (Å²) in [5.41, 5.74) is 2.61. The fraction of sp³-hybridized carbons (Fsp3) is 0.440. The molecule has 0 aromatic heterocycles. The van der Waals surface area contributed by atoms with E-state index in [4.69, 9.17) is 27.9 Å². The molecule has 174 valence electrons. The molecule has 1 fully saturated rings. The topological polar surface area (TPSA) is 67.4 Å². The number of ether oxygens (including phenoxy) is 1. The van der Waals surface area contributed by atoms with Crippen molar-refractivity contribution in [1.29, 1.82) is 0 Å². The summed E-state index contributed by atoms with van der Waals surface area (Å²) in [4.78, 5) is 24.5. The normalized spacial score (nSPS) is 20.0. The van der Waals surface area contributed by atoms with Crippen molar-refractivity contribution in [3.05, 3.63) is 57.6 Å². The number of urea groups is 1. The van der Waals surface area contributed by atoms with E-state index in [0.29, 0.717) is 33.4 Å². The number of esters is 1. The van der Waals surface area contributed by atoms with E-state index in [2.05, 4.69) is 24.5 Å². The minimum atomic E-state index is -0.450. The van der Waals surface area contributed by atoms with Gasteiger partial charge in [-0.3, -0.25) is 4.79 Å². The molecule has 1 heterocycles. The second-order valence-corrected chi connectivity index (χ2v) is 8.89. The van der Waals surface area contributed by atoms with Gasteiger partial charge in [0.2, 0.25) is 0 Å². The molecule has 0 spiro atoms. The Morgan fingerprint density at radius 3 is 2.53 bits per heavy atom. The van der Waals surface area contributed by atoms with Crippen LogP contribution in [-0.4, -0.2) is 12.0 Å². The molecule has 1 saturated heterocycles. The van der Waals surface area contributed by atoms with E-state index in [1.165, 1.54) is 0 Å². The van der Waals surface area contributed by atoms with Crippen LogP contribution in [0.4, 0.5) is 16.2 Å². The van der Waals surface area contributed by atoms with Crippen LogP contribution < -0.4 is 10.6 Å². The maximum absolute atomic E-state index is 12.5. The number of carbonyl (C=O) groups excluding carboxylic acids is 2. The van der Waals surface area contributed by atoms with Crippen molar-refractivity contribution >= 4 is 46.6 Å².